The van der Waals surface area contributed by atoms with E-state index in [0.717, 1.165) is 27.8 Å². The van der Waals surface area contributed by atoms with Crippen molar-refractivity contribution in [1.82, 2.24) is 15.0 Å². The summed E-state index contributed by atoms with van der Waals surface area (Å²) in [6.07, 6.45) is 0. The number of benzene rings is 3. The first-order chi connectivity index (χ1) is 12.1. The van der Waals surface area contributed by atoms with E-state index < -0.39 is 5.97 Å². The molecule has 0 radical (unpaired) electrons. The van der Waals surface area contributed by atoms with E-state index in [1.165, 1.54) is 0 Å². The molecular weight excluding hydrogens is 314 g/mol. The minimum atomic E-state index is -0.958. The molecule has 0 saturated heterocycles. The molecule has 25 heavy (non-hydrogen) atoms. The van der Waals surface area contributed by atoms with E-state index in [-0.39, 0.29) is 5.56 Å². The van der Waals surface area contributed by atoms with Crippen molar-refractivity contribution >= 4 is 17.0 Å². The number of carbonyl (C=O) groups is 1. The zero-order valence-corrected chi connectivity index (χ0v) is 13.5. The molecule has 0 unspecified atom stereocenters. The molecule has 4 rings (SSSR count). The quantitative estimate of drug-likeness (QED) is 0.614. The Morgan fingerprint density at radius 1 is 0.880 bits per heavy atom. The summed E-state index contributed by atoms with van der Waals surface area (Å²) in [5.41, 5.74) is 5.07. The standard InChI is InChI=1S/C20H15N3O2/c1-13-10-11-15(14-6-2-3-7-16(14)20(24)25)19(12-13)23-21-17-8-4-5-9-18(17)22-23/h2-12H,1H3,(H,24,25). The summed E-state index contributed by atoms with van der Waals surface area (Å²) < 4.78 is 0. The van der Waals surface area contributed by atoms with Crippen LogP contribution in [-0.4, -0.2) is 26.1 Å². The van der Waals surface area contributed by atoms with Crippen molar-refractivity contribution < 1.29 is 9.90 Å². The van der Waals surface area contributed by atoms with Gasteiger partial charge in [-0.2, -0.15) is 0 Å². The molecule has 0 saturated carbocycles. The van der Waals surface area contributed by atoms with E-state index in [4.69, 9.17) is 0 Å². The first-order valence-corrected chi connectivity index (χ1v) is 7.89. The number of carboxylic acid groups (broad SMARTS) is 1. The molecule has 0 amide bonds. The average molecular weight is 329 g/mol. The van der Waals surface area contributed by atoms with E-state index in [9.17, 15) is 9.90 Å². The zero-order chi connectivity index (χ0) is 17.4. The highest BCUT2D eigenvalue weighted by molar-refractivity contribution is 5.97. The summed E-state index contributed by atoms with van der Waals surface area (Å²) >= 11 is 0. The van der Waals surface area contributed by atoms with Gasteiger partial charge in [-0.25, -0.2) is 4.79 Å². The predicted molar refractivity (Wildman–Crippen MR) is 96.0 cm³/mol. The normalized spacial score (nSPS) is 10.9. The number of hydrogen-bond acceptors (Lipinski definition) is 3. The van der Waals surface area contributed by atoms with Crippen molar-refractivity contribution in [3.63, 3.8) is 0 Å². The summed E-state index contributed by atoms with van der Waals surface area (Å²) in [5, 5.41) is 18.6. The second kappa shape index (κ2) is 5.87. The molecule has 122 valence electrons. The molecule has 0 bridgehead atoms. The number of fused-ring (bicyclic) bond motifs is 1. The van der Waals surface area contributed by atoms with Gasteiger partial charge in [-0.15, -0.1) is 15.0 Å². The summed E-state index contributed by atoms with van der Waals surface area (Å²) in [6, 6.07) is 20.4. The molecule has 4 aromatic rings. The molecule has 1 N–H and O–H groups in total. The number of nitrogens with zero attached hydrogens (tertiary/aromatic N) is 3. The SMILES string of the molecule is Cc1ccc(-c2ccccc2C(=O)O)c(-n2nc3ccccc3n2)c1. The maximum atomic E-state index is 11.6. The van der Waals surface area contributed by atoms with Crippen molar-refractivity contribution in [2.75, 3.05) is 0 Å². The average Bonchev–Trinajstić information content (AvgIpc) is 3.05. The van der Waals surface area contributed by atoms with Gasteiger partial charge in [0.25, 0.3) is 0 Å². The van der Waals surface area contributed by atoms with Gasteiger partial charge in [0.2, 0.25) is 0 Å². The van der Waals surface area contributed by atoms with Gasteiger partial charge in [0.1, 0.15) is 11.0 Å². The number of aryl methyl sites for hydroxylation is 1. The monoisotopic (exact) mass is 329 g/mol. The van der Waals surface area contributed by atoms with Crippen molar-refractivity contribution in [3.05, 3.63) is 77.9 Å². The first kappa shape index (κ1) is 15.1. The molecule has 0 aliphatic rings. The number of rotatable bonds is 3. The van der Waals surface area contributed by atoms with Crippen LogP contribution >= 0.6 is 0 Å². The van der Waals surface area contributed by atoms with Crippen molar-refractivity contribution in [1.29, 1.82) is 0 Å². The second-order valence-corrected chi connectivity index (χ2v) is 5.85. The highest BCUT2D eigenvalue weighted by Crippen LogP contribution is 2.30. The van der Waals surface area contributed by atoms with E-state index in [1.54, 1.807) is 23.0 Å². The van der Waals surface area contributed by atoms with Gasteiger partial charge in [0, 0.05) is 5.56 Å². The van der Waals surface area contributed by atoms with Gasteiger partial charge < -0.3 is 5.11 Å². The third kappa shape index (κ3) is 2.65. The lowest BCUT2D eigenvalue weighted by atomic mass is 9.97. The molecule has 5 heteroatoms. The zero-order valence-electron chi connectivity index (χ0n) is 13.5. The molecule has 0 aliphatic heterocycles. The van der Waals surface area contributed by atoms with E-state index in [2.05, 4.69) is 10.2 Å². The van der Waals surface area contributed by atoms with Crippen molar-refractivity contribution in [2.45, 2.75) is 6.92 Å². The van der Waals surface area contributed by atoms with Crippen LogP contribution in [0.4, 0.5) is 0 Å². The van der Waals surface area contributed by atoms with Crippen LogP contribution in [0.25, 0.3) is 27.8 Å². The molecule has 0 atom stereocenters. The smallest absolute Gasteiger partial charge is 0.336 e. The van der Waals surface area contributed by atoms with Crippen molar-refractivity contribution in [2.24, 2.45) is 0 Å². The number of aromatic nitrogens is 3. The van der Waals surface area contributed by atoms with Crippen LogP contribution in [0, 0.1) is 6.92 Å². The summed E-state index contributed by atoms with van der Waals surface area (Å²) in [5.74, 6) is -0.958. The van der Waals surface area contributed by atoms with Crippen LogP contribution < -0.4 is 0 Å². The Labute approximate surface area is 144 Å². The molecule has 0 aliphatic carbocycles. The van der Waals surface area contributed by atoms with Crippen molar-refractivity contribution in [3.8, 4) is 16.8 Å². The molecule has 5 nitrogen and oxygen atoms in total. The fourth-order valence-corrected chi connectivity index (χ4v) is 2.91. The predicted octanol–water partition coefficient (Wildman–Crippen LogP) is 4.09. The lowest BCUT2D eigenvalue weighted by Gasteiger charge is -2.12. The van der Waals surface area contributed by atoms with Crippen LogP contribution in [0.1, 0.15) is 15.9 Å². The highest BCUT2D eigenvalue weighted by atomic mass is 16.4. The lowest BCUT2D eigenvalue weighted by Crippen LogP contribution is -2.05. The Hall–Kier alpha value is -3.47. The Kier molecular flexibility index (Phi) is 3.54. The maximum absolute atomic E-state index is 11.6. The largest absolute Gasteiger partial charge is 0.478 e. The molecule has 3 aromatic carbocycles. The Bertz CT molecular complexity index is 1070. The summed E-state index contributed by atoms with van der Waals surface area (Å²) in [6.45, 7) is 1.99. The van der Waals surface area contributed by atoms with E-state index in [1.807, 2.05) is 55.5 Å². The summed E-state index contributed by atoms with van der Waals surface area (Å²) in [7, 11) is 0. The third-order valence-corrected chi connectivity index (χ3v) is 4.10. The minimum Gasteiger partial charge on any atom is -0.478 e. The second-order valence-electron chi connectivity index (χ2n) is 5.85. The van der Waals surface area contributed by atoms with Crippen LogP contribution in [0.3, 0.4) is 0 Å². The third-order valence-electron chi connectivity index (χ3n) is 4.10. The number of hydrogen-bond donors (Lipinski definition) is 1. The van der Waals surface area contributed by atoms with E-state index in [0.29, 0.717) is 5.56 Å². The molecular formula is C20H15N3O2. The number of carboxylic acids is 1. The van der Waals surface area contributed by atoms with Gasteiger partial charge >= 0.3 is 5.97 Å². The molecule has 1 heterocycles. The van der Waals surface area contributed by atoms with Crippen LogP contribution in [0.5, 0.6) is 0 Å². The maximum Gasteiger partial charge on any atom is 0.336 e. The van der Waals surface area contributed by atoms with Gasteiger partial charge in [0.05, 0.1) is 11.3 Å². The van der Waals surface area contributed by atoms with Gasteiger partial charge in [0.15, 0.2) is 0 Å². The first-order valence-electron chi connectivity index (χ1n) is 7.89. The Morgan fingerprint density at radius 3 is 2.20 bits per heavy atom. The molecule has 1 aromatic heterocycles. The lowest BCUT2D eigenvalue weighted by molar-refractivity contribution is 0.0697. The Morgan fingerprint density at radius 2 is 1.52 bits per heavy atom. The number of aromatic carboxylic acids is 1. The van der Waals surface area contributed by atoms with Crippen LogP contribution in [-0.2, 0) is 0 Å². The van der Waals surface area contributed by atoms with Gasteiger partial charge in [-0.05, 0) is 42.3 Å². The van der Waals surface area contributed by atoms with Gasteiger partial charge in [-0.3, -0.25) is 0 Å². The molecule has 0 spiro atoms. The van der Waals surface area contributed by atoms with Crippen LogP contribution in [0.2, 0.25) is 0 Å². The highest BCUT2D eigenvalue weighted by Gasteiger charge is 2.16. The minimum absolute atomic E-state index is 0.254. The van der Waals surface area contributed by atoms with E-state index >= 15 is 0 Å². The summed E-state index contributed by atoms with van der Waals surface area (Å²) in [4.78, 5) is 13.2. The fraction of sp³-hybridized carbons (Fsp3) is 0.0500. The molecule has 0 fully saturated rings. The van der Waals surface area contributed by atoms with Crippen LogP contribution in [0.15, 0.2) is 66.7 Å². The Balaban J connectivity index is 1.98. The van der Waals surface area contributed by atoms with Gasteiger partial charge in [-0.1, -0.05) is 42.5 Å². The topological polar surface area (TPSA) is 68.0 Å². The fourth-order valence-electron chi connectivity index (χ4n) is 2.91.